The first kappa shape index (κ1) is 18.7. The minimum atomic E-state index is -0.0723. The number of hydrogen-bond acceptors (Lipinski definition) is 7. The minimum Gasteiger partial charge on any atom is -0.337 e. The summed E-state index contributed by atoms with van der Waals surface area (Å²) in [7, 11) is 0. The number of hydrogen-bond donors (Lipinski definition) is 3. The number of fused-ring (bicyclic) bond motifs is 3. The van der Waals surface area contributed by atoms with Gasteiger partial charge in [0, 0.05) is 58.5 Å². The van der Waals surface area contributed by atoms with Gasteiger partial charge in [-0.25, -0.2) is 9.97 Å². The van der Waals surface area contributed by atoms with E-state index in [1.165, 1.54) is 11.3 Å². The highest BCUT2D eigenvalue weighted by atomic mass is 32.1. The number of rotatable bonds is 3. The normalized spacial score (nSPS) is 17.7. The van der Waals surface area contributed by atoms with Crippen LogP contribution in [-0.2, 0) is 11.2 Å². The van der Waals surface area contributed by atoms with Gasteiger partial charge in [-0.05, 0) is 30.7 Å². The molecule has 0 bridgehead atoms. The molecule has 9 heteroatoms. The second kappa shape index (κ2) is 7.51. The number of amides is 2. The third-order valence-corrected chi connectivity index (χ3v) is 6.05. The number of anilines is 3. The zero-order chi connectivity index (χ0) is 20.7. The topological polar surface area (TPSA) is 113 Å². The third-order valence-electron chi connectivity index (χ3n) is 5.31. The lowest BCUT2D eigenvalue weighted by atomic mass is 10.1. The van der Waals surface area contributed by atoms with E-state index < -0.39 is 0 Å². The van der Waals surface area contributed by atoms with Gasteiger partial charge in [0.25, 0.3) is 5.91 Å². The van der Waals surface area contributed by atoms with Crippen molar-refractivity contribution in [1.29, 1.82) is 0 Å². The van der Waals surface area contributed by atoms with Crippen LogP contribution in [0.3, 0.4) is 0 Å². The van der Waals surface area contributed by atoms with Gasteiger partial charge in [0.05, 0.1) is 17.8 Å². The molecule has 2 aliphatic heterocycles. The SMILES string of the molecule is NC1CCN(C(=O)c2ccc(Nc3ncc4c(n3)-c3cscc3NC(=O)C4)cc2)C1. The van der Waals surface area contributed by atoms with E-state index in [-0.39, 0.29) is 24.3 Å². The van der Waals surface area contributed by atoms with Crippen LogP contribution >= 0.6 is 11.3 Å². The smallest absolute Gasteiger partial charge is 0.253 e. The number of aromatic nitrogens is 2. The first-order chi connectivity index (χ1) is 14.6. The van der Waals surface area contributed by atoms with Crippen LogP contribution in [0.4, 0.5) is 17.3 Å². The predicted octanol–water partition coefficient (Wildman–Crippen LogP) is 2.62. The van der Waals surface area contributed by atoms with E-state index in [1.54, 1.807) is 23.2 Å². The van der Waals surface area contributed by atoms with Gasteiger partial charge in [-0.15, -0.1) is 11.3 Å². The van der Waals surface area contributed by atoms with Crippen molar-refractivity contribution in [3.63, 3.8) is 0 Å². The molecule has 0 radical (unpaired) electrons. The molecule has 1 atom stereocenters. The quantitative estimate of drug-likeness (QED) is 0.600. The molecule has 8 nitrogen and oxygen atoms in total. The first-order valence-corrected chi connectivity index (χ1v) is 10.7. The molecule has 152 valence electrons. The molecule has 1 unspecified atom stereocenters. The van der Waals surface area contributed by atoms with E-state index in [0.717, 1.165) is 34.6 Å². The second-order valence-electron chi connectivity index (χ2n) is 7.49. The lowest BCUT2D eigenvalue weighted by Crippen LogP contribution is -2.31. The van der Waals surface area contributed by atoms with Crippen molar-refractivity contribution in [2.75, 3.05) is 23.7 Å². The van der Waals surface area contributed by atoms with Crippen molar-refractivity contribution in [3.8, 4) is 11.3 Å². The van der Waals surface area contributed by atoms with Gasteiger partial charge in [0.1, 0.15) is 0 Å². The molecule has 30 heavy (non-hydrogen) atoms. The van der Waals surface area contributed by atoms with E-state index in [0.29, 0.717) is 24.6 Å². The molecule has 2 amide bonds. The van der Waals surface area contributed by atoms with E-state index in [9.17, 15) is 9.59 Å². The van der Waals surface area contributed by atoms with E-state index in [1.807, 2.05) is 22.9 Å². The number of benzene rings is 1. The highest BCUT2D eigenvalue weighted by Gasteiger charge is 2.24. The highest BCUT2D eigenvalue weighted by molar-refractivity contribution is 7.08. The van der Waals surface area contributed by atoms with Crippen LogP contribution in [0.2, 0.25) is 0 Å². The Hall–Kier alpha value is -3.30. The summed E-state index contributed by atoms with van der Waals surface area (Å²) in [4.78, 5) is 35.4. The summed E-state index contributed by atoms with van der Waals surface area (Å²) in [6.45, 7) is 1.30. The molecule has 3 aromatic rings. The van der Waals surface area contributed by atoms with Crippen LogP contribution < -0.4 is 16.4 Å². The van der Waals surface area contributed by atoms with Crippen molar-refractivity contribution in [2.24, 2.45) is 5.73 Å². The summed E-state index contributed by atoms with van der Waals surface area (Å²) in [5.74, 6) is 0.361. The third kappa shape index (κ3) is 3.53. The van der Waals surface area contributed by atoms with Crippen LogP contribution in [-0.4, -0.2) is 45.8 Å². The standard InChI is InChI=1S/C21H20N6O2S/c22-14-5-6-27(9-14)20(29)12-1-3-15(4-2-12)24-21-23-8-13-7-18(28)25-17-11-30-10-16(17)19(13)26-21/h1-4,8,10-11,14H,5-7,9,22H2,(H,25,28)(H,23,24,26). The maximum Gasteiger partial charge on any atom is 0.253 e. The predicted molar refractivity (Wildman–Crippen MR) is 116 cm³/mol. The first-order valence-electron chi connectivity index (χ1n) is 9.71. The van der Waals surface area contributed by atoms with Gasteiger partial charge in [0.15, 0.2) is 0 Å². The summed E-state index contributed by atoms with van der Waals surface area (Å²) in [5, 5.41) is 9.96. The van der Waals surface area contributed by atoms with Crippen LogP contribution in [0, 0.1) is 0 Å². The number of thiophene rings is 1. The Balaban J connectivity index is 1.36. The van der Waals surface area contributed by atoms with Gasteiger partial charge < -0.3 is 21.3 Å². The van der Waals surface area contributed by atoms with Crippen LogP contribution in [0.15, 0.2) is 41.2 Å². The van der Waals surface area contributed by atoms with Crippen molar-refractivity contribution in [1.82, 2.24) is 14.9 Å². The average molecular weight is 420 g/mol. The molecule has 0 saturated carbocycles. The lowest BCUT2D eigenvalue weighted by Gasteiger charge is -2.16. The van der Waals surface area contributed by atoms with Crippen molar-refractivity contribution in [3.05, 3.63) is 52.3 Å². The molecular formula is C21H20N6O2S. The van der Waals surface area contributed by atoms with Gasteiger partial charge in [-0.2, -0.15) is 0 Å². The van der Waals surface area contributed by atoms with E-state index in [4.69, 9.17) is 5.73 Å². The average Bonchev–Trinajstić information content (AvgIpc) is 3.35. The van der Waals surface area contributed by atoms with Gasteiger partial charge in [0.2, 0.25) is 11.9 Å². The molecule has 1 fully saturated rings. The largest absolute Gasteiger partial charge is 0.337 e. The van der Waals surface area contributed by atoms with Crippen molar-refractivity contribution < 1.29 is 9.59 Å². The summed E-state index contributed by atoms with van der Waals surface area (Å²) >= 11 is 1.52. The lowest BCUT2D eigenvalue weighted by molar-refractivity contribution is -0.115. The zero-order valence-corrected chi connectivity index (χ0v) is 16.9. The summed E-state index contributed by atoms with van der Waals surface area (Å²) in [6.07, 6.45) is 2.77. The molecule has 1 saturated heterocycles. The number of likely N-dealkylation sites (tertiary alicyclic amines) is 1. The van der Waals surface area contributed by atoms with E-state index >= 15 is 0 Å². The Kier molecular flexibility index (Phi) is 4.68. The molecule has 4 heterocycles. The van der Waals surface area contributed by atoms with Gasteiger partial charge >= 0.3 is 0 Å². The van der Waals surface area contributed by atoms with Gasteiger partial charge in [-0.1, -0.05) is 0 Å². The molecule has 0 aliphatic carbocycles. The van der Waals surface area contributed by atoms with Crippen molar-refractivity contribution in [2.45, 2.75) is 18.9 Å². The number of nitrogens with two attached hydrogens (primary N) is 1. The molecule has 2 aromatic heterocycles. The van der Waals surface area contributed by atoms with E-state index in [2.05, 4.69) is 20.6 Å². The fourth-order valence-corrected chi connectivity index (χ4v) is 4.52. The number of carbonyl (C=O) groups is 2. The Bertz CT molecular complexity index is 1130. The van der Waals surface area contributed by atoms with Crippen LogP contribution in [0.1, 0.15) is 22.3 Å². The number of carbonyl (C=O) groups excluding carboxylic acids is 2. The maximum atomic E-state index is 12.6. The van der Waals surface area contributed by atoms with Gasteiger partial charge in [-0.3, -0.25) is 9.59 Å². The van der Waals surface area contributed by atoms with Crippen LogP contribution in [0.25, 0.3) is 11.3 Å². The Morgan fingerprint density at radius 1 is 1.27 bits per heavy atom. The maximum absolute atomic E-state index is 12.6. The molecule has 0 spiro atoms. The Morgan fingerprint density at radius 2 is 2.10 bits per heavy atom. The Labute approximate surface area is 177 Å². The number of nitrogens with zero attached hydrogens (tertiary/aromatic N) is 3. The molecular weight excluding hydrogens is 400 g/mol. The molecule has 4 N–H and O–H groups in total. The monoisotopic (exact) mass is 420 g/mol. The summed E-state index contributed by atoms with van der Waals surface area (Å²) < 4.78 is 0. The van der Waals surface area contributed by atoms with Crippen LogP contribution in [0.5, 0.6) is 0 Å². The Morgan fingerprint density at radius 3 is 2.87 bits per heavy atom. The summed E-state index contributed by atoms with van der Waals surface area (Å²) in [6, 6.07) is 7.31. The molecule has 5 rings (SSSR count). The van der Waals surface area contributed by atoms with Crippen molar-refractivity contribution >= 4 is 40.5 Å². The summed E-state index contributed by atoms with van der Waals surface area (Å²) in [5.41, 5.74) is 10.5. The highest BCUT2D eigenvalue weighted by Crippen LogP contribution is 2.35. The zero-order valence-electron chi connectivity index (χ0n) is 16.1. The fourth-order valence-electron chi connectivity index (χ4n) is 3.75. The molecule has 2 aliphatic rings. The second-order valence-corrected chi connectivity index (χ2v) is 8.24. The fraction of sp³-hybridized carbons (Fsp3) is 0.238. The minimum absolute atomic E-state index is 0.00191. The molecule has 1 aromatic carbocycles. The number of nitrogens with one attached hydrogen (secondary N) is 2.